The van der Waals surface area contributed by atoms with Gasteiger partial charge in [-0.2, -0.15) is 18.2 Å². The van der Waals surface area contributed by atoms with E-state index in [1.165, 1.54) is 26.4 Å². The van der Waals surface area contributed by atoms with Gasteiger partial charge in [-0.25, -0.2) is 13.6 Å². The average Bonchev–Trinajstić information content (AvgIpc) is 3.23. The smallest absolute Gasteiger partial charge is 0.455 e. The zero-order valence-corrected chi connectivity index (χ0v) is 17.7. The Morgan fingerprint density at radius 2 is 1.85 bits per heavy atom. The molecule has 11 nitrogen and oxygen atoms in total. The standard InChI is InChI=1S/C18H15F3N4O7S/c1-30-12-4-3-9(13(8-12)31-2)5-10-6-11(25(26)27)7-14(33(22,28)29)15(10)16-23-17(24-32-16)18(19,20)21/h3-4,6-8H,5H2,1-2H3,(H2,22,28,29). The van der Waals surface area contributed by atoms with Gasteiger partial charge in [-0.05, 0) is 17.2 Å². The number of hydrogen-bond donors (Lipinski definition) is 1. The molecule has 33 heavy (non-hydrogen) atoms. The second kappa shape index (κ2) is 8.67. The number of halogens is 3. The Balaban J connectivity index is 2.31. The van der Waals surface area contributed by atoms with E-state index in [1.54, 1.807) is 6.07 Å². The maximum Gasteiger partial charge on any atom is 0.455 e. The monoisotopic (exact) mass is 488 g/mol. The van der Waals surface area contributed by atoms with Gasteiger partial charge in [0.05, 0.1) is 24.7 Å². The maximum absolute atomic E-state index is 13.0. The van der Waals surface area contributed by atoms with Gasteiger partial charge in [-0.15, -0.1) is 0 Å². The van der Waals surface area contributed by atoms with E-state index in [4.69, 9.17) is 14.6 Å². The van der Waals surface area contributed by atoms with E-state index in [0.717, 1.165) is 6.07 Å². The summed E-state index contributed by atoms with van der Waals surface area (Å²) in [6, 6.07) is 6.17. The van der Waals surface area contributed by atoms with Crippen LogP contribution in [0.15, 0.2) is 39.8 Å². The molecule has 0 radical (unpaired) electrons. The molecule has 1 heterocycles. The first-order chi connectivity index (χ1) is 15.3. The number of benzene rings is 2. The van der Waals surface area contributed by atoms with Crippen LogP contribution in [0.1, 0.15) is 17.0 Å². The van der Waals surface area contributed by atoms with Crippen LogP contribution < -0.4 is 14.6 Å². The number of nitro benzene ring substituents is 1. The minimum atomic E-state index is -4.98. The Morgan fingerprint density at radius 1 is 1.15 bits per heavy atom. The fourth-order valence-electron chi connectivity index (χ4n) is 3.01. The first-order valence-electron chi connectivity index (χ1n) is 8.81. The number of alkyl halides is 3. The zero-order valence-electron chi connectivity index (χ0n) is 16.9. The molecule has 15 heteroatoms. The van der Waals surface area contributed by atoms with Crippen LogP contribution in [0, 0.1) is 10.1 Å². The molecule has 0 amide bonds. The molecule has 0 aliphatic heterocycles. The van der Waals surface area contributed by atoms with Crippen LogP contribution in [-0.4, -0.2) is 37.7 Å². The van der Waals surface area contributed by atoms with Crippen LogP contribution in [0.3, 0.4) is 0 Å². The molecular weight excluding hydrogens is 473 g/mol. The highest BCUT2D eigenvalue weighted by Gasteiger charge is 2.38. The molecule has 0 saturated heterocycles. The predicted octanol–water partition coefficient (Wildman–Crippen LogP) is 2.92. The van der Waals surface area contributed by atoms with Crippen LogP contribution >= 0.6 is 0 Å². The molecule has 0 saturated carbocycles. The Morgan fingerprint density at radius 3 is 2.36 bits per heavy atom. The molecule has 176 valence electrons. The third kappa shape index (κ3) is 5.04. The number of nitrogens with two attached hydrogens (primary N) is 1. The molecule has 0 atom stereocenters. The number of methoxy groups -OCH3 is 2. The highest BCUT2D eigenvalue weighted by molar-refractivity contribution is 7.89. The number of rotatable bonds is 7. The molecule has 2 N–H and O–H groups in total. The van der Waals surface area contributed by atoms with Crippen molar-refractivity contribution in [2.24, 2.45) is 5.14 Å². The van der Waals surface area contributed by atoms with Gasteiger partial charge < -0.3 is 14.0 Å². The van der Waals surface area contributed by atoms with Gasteiger partial charge in [0, 0.05) is 24.6 Å². The maximum atomic E-state index is 13.0. The Labute approximate surface area is 184 Å². The first kappa shape index (κ1) is 23.9. The molecule has 0 bridgehead atoms. The van der Waals surface area contributed by atoms with Crippen molar-refractivity contribution in [1.29, 1.82) is 0 Å². The van der Waals surface area contributed by atoms with Crippen molar-refractivity contribution in [3.8, 4) is 23.0 Å². The van der Waals surface area contributed by atoms with Crippen LogP contribution in [0.2, 0.25) is 0 Å². The third-order valence-electron chi connectivity index (χ3n) is 4.45. The summed E-state index contributed by atoms with van der Waals surface area (Å²) in [6.07, 6.45) is -5.21. The fraction of sp³-hybridized carbons (Fsp3) is 0.222. The molecule has 3 rings (SSSR count). The molecule has 0 aliphatic rings. The molecule has 0 fully saturated rings. The summed E-state index contributed by atoms with van der Waals surface area (Å²) in [5.74, 6) is -1.80. The number of nitro groups is 1. The second-order valence-electron chi connectivity index (χ2n) is 6.56. The summed E-state index contributed by atoms with van der Waals surface area (Å²) in [5.41, 5.74) is -0.880. The quantitative estimate of drug-likeness (QED) is 0.389. The van der Waals surface area contributed by atoms with Crippen molar-refractivity contribution in [2.45, 2.75) is 17.5 Å². The topological polar surface area (TPSA) is 161 Å². The van der Waals surface area contributed by atoms with Crippen LogP contribution in [-0.2, 0) is 22.6 Å². The van der Waals surface area contributed by atoms with Crippen LogP contribution in [0.4, 0.5) is 18.9 Å². The number of ether oxygens (including phenoxy) is 2. The van der Waals surface area contributed by atoms with Gasteiger partial charge >= 0.3 is 6.18 Å². The number of hydrogen-bond acceptors (Lipinski definition) is 9. The normalized spacial score (nSPS) is 11.9. The van der Waals surface area contributed by atoms with Crippen molar-refractivity contribution in [3.05, 3.63) is 57.4 Å². The molecular formula is C18H15F3N4O7S. The van der Waals surface area contributed by atoms with Crippen molar-refractivity contribution >= 4 is 15.7 Å². The van der Waals surface area contributed by atoms with E-state index >= 15 is 0 Å². The molecule has 2 aromatic carbocycles. The van der Waals surface area contributed by atoms with Crippen LogP contribution in [0.5, 0.6) is 11.5 Å². The van der Waals surface area contributed by atoms with Crippen molar-refractivity contribution in [3.63, 3.8) is 0 Å². The van der Waals surface area contributed by atoms with Gasteiger partial charge in [0.1, 0.15) is 16.4 Å². The molecule has 0 aliphatic carbocycles. The van der Waals surface area contributed by atoms with Gasteiger partial charge in [0.2, 0.25) is 10.0 Å². The summed E-state index contributed by atoms with van der Waals surface area (Å²) in [6.45, 7) is 0. The summed E-state index contributed by atoms with van der Waals surface area (Å²) >= 11 is 0. The Hall–Kier alpha value is -3.72. The van der Waals surface area contributed by atoms with E-state index in [9.17, 15) is 31.7 Å². The third-order valence-corrected chi connectivity index (χ3v) is 5.39. The van der Waals surface area contributed by atoms with E-state index < -0.39 is 49.0 Å². The number of sulfonamides is 1. The lowest BCUT2D eigenvalue weighted by atomic mass is 9.98. The summed E-state index contributed by atoms with van der Waals surface area (Å²) in [4.78, 5) is 12.9. The van der Waals surface area contributed by atoms with Gasteiger partial charge in [-0.3, -0.25) is 10.1 Å². The average molecular weight is 488 g/mol. The number of aromatic nitrogens is 2. The largest absolute Gasteiger partial charge is 0.497 e. The molecule has 0 unspecified atom stereocenters. The fourth-order valence-corrected chi connectivity index (χ4v) is 3.80. The number of primary sulfonamides is 1. The number of non-ortho nitro benzene ring substituents is 1. The first-order valence-corrected chi connectivity index (χ1v) is 10.4. The van der Waals surface area contributed by atoms with Crippen LogP contribution in [0.25, 0.3) is 11.5 Å². The Bertz CT molecular complexity index is 1320. The lowest BCUT2D eigenvalue weighted by Gasteiger charge is -2.14. The highest BCUT2D eigenvalue weighted by atomic mass is 32.2. The van der Waals surface area contributed by atoms with E-state index in [-0.39, 0.29) is 17.7 Å². The van der Waals surface area contributed by atoms with Gasteiger partial charge in [0.25, 0.3) is 17.4 Å². The van der Waals surface area contributed by atoms with Crippen molar-refractivity contribution in [1.82, 2.24) is 10.1 Å². The highest BCUT2D eigenvalue weighted by Crippen LogP contribution is 2.38. The second-order valence-corrected chi connectivity index (χ2v) is 8.09. The summed E-state index contributed by atoms with van der Waals surface area (Å²) in [5, 5.41) is 19.4. The van der Waals surface area contributed by atoms with E-state index in [0.29, 0.717) is 17.4 Å². The summed E-state index contributed by atoms with van der Waals surface area (Å²) < 4.78 is 78.5. The van der Waals surface area contributed by atoms with Gasteiger partial charge in [0.15, 0.2) is 0 Å². The Kier molecular flexibility index (Phi) is 6.29. The van der Waals surface area contributed by atoms with E-state index in [1.807, 2.05) is 0 Å². The lowest BCUT2D eigenvalue weighted by Crippen LogP contribution is -2.15. The zero-order chi connectivity index (χ0) is 24.6. The molecule has 3 aromatic rings. The van der Waals surface area contributed by atoms with E-state index in [2.05, 4.69) is 14.7 Å². The molecule has 1 aromatic heterocycles. The lowest BCUT2D eigenvalue weighted by molar-refractivity contribution is -0.385. The van der Waals surface area contributed by atoms with Crippen molar-refractivity contribution in [2.75, 3.05) is 14.2 Å². The van der Waals surface area contributed by atoms with Crippen molar-refractivity contribution < 1.29 is 40.5 Å². The minimum absolute atomic E-state index is 0.117. The summed E-state index contributed by atoms with van der Waals surface area (Å²) in [7, 11) is -1.91. The SMILES string of the molecule is COc1ccc(Cc2cc([N+](=O)[O-])cc(S(N)(=O)=O)c2-c2nc(C(F)(F)F)no2)c(OC)c1. The van der Waals surface area contributed by atoms with Gasteiger partial charge in [-0.1, -0.05) is 11.2 Å². The number of nitrogens with zero attached hydrogens (tertiary/aromatic N) is 3. The minimum Gasteiger partial charge on any atom is -0.497 e. The predicted molar refractivity (Wildman–Crippen MR) is 105 cm³/mol. The molecule has 0 spiro atoms.